The van der Waals surface area contributed by atoms with Crippen LogP contribution in [0.5, 0.6) is 0 Å². The zero-order valence-electron chi connectivity index (χ0n) is 16.1. The van der Waals surface area contributed by atoms with Crippen molar-refractivity contribution in [2.75, 3.05) is 0 Å². The van der Waals surface area contributed by atoms with Gasteiger partial charge in [0, 0.05) is 23.0 Å². The number of hydrogen-bond donors (Lipinski definition) is 0. The average molecular weight is 371 g/mol. The molecule has 5 rings (SSSR count). The first-order valence-electron chi connectivity index (χ1n) is 9.88. The van der Waals surface area contributed by atoms with Gasteiger partial charge in [-0.1, -0.05) is 103 Å². The van der Waals surface area contributed by atoms with Gasteiger partial charge in [0.2, 0.25) is 0 Å². The van der Waals surface area contributed by atoms with Crippen molar-refractivity contribution in [1.29, 1.82) is 0 Å². The molecule has 2 aromatic heterocycles. The van der Waals surface area contributed by atoms with Crippen LogP contribution in [0.3, 0.4) is 0 Å². The first kappa shape index (κ1) is 17.3. The lowest BCUT2D eigenvalue weighted by Crippen LogP contribution is -1.88. The van der Waals surface area contributed by atoms with E-state index in [-0.39, 0.29) is 0 Å². The van der Waals surface area contributed by atoms with Crippen molar-refractivity contribution in [2.45, 2.75) is 0 Å². The molecular formula is C28H21N. The fraction of sp³-hybridized carbons (Fsp3) is 0. The van der Waals surface area contributed by atoms with Gasteiger partial charge < -0.3 is 4.40 Å². The van der Waals surface area contributed by atoms with Crippen LogP contribution in [0.25, 0.3) is 39.9 Å². The van der Waals surface area contributed by atoms with Crippen LogP contribution in [0.2, 0.25) is 0 Å². The van der Waals surface area contributed by atoms with E-state index >= 15 is 0 Å². The van der Waals surface area contributed by atoms with Gasteiger partial charge in [-0.2, -0.15) is 0 Å². The molecule has 0 saturated heterocycles. The van der Waals surface area contributed by atoms with Gasteiger partial charge in [0.1, 0.15) is 0 Å². The van der Waals surface area contributed by atoms with Crippen molar-refractivity contribution < 1.29 is 0 Å². The molecule has 2 heterocycles. The van der Waals surface area contributed by atoms with Gasteiger partial charge in [-0.3, -0.25) is 0 Å². The summed E-state index contributed by atoms with van der Waals surface area (Å²) in [6.07, 6.45) is 6.61. The molecule has 138 valence electrons. The van der Waals surface area contributed by atoms with E-state index in [1.807, 2.05) is 6.07 Å². The molecule has 0 aliphatic heterocycles. The number of rotatable bonds is 4. The lowest BCUT2D eigenvalue weighted by atomic mass is 9.98. The van der Waals surface area contributed by atoms with Gasteiger partial charge in [-0.05, 0) is 34.9 Å². The quantitative estimate of drug-likeness (QED) is 0.309. The Morgan fingerprint density at radius 1 is 0.517 bits per heavy atom. The van der Waals surface area contributed by atoms with E-state index in [0.717, 1.165) is 5.69 Å². The topological polar surface area (TPSA) is 4.41 Å². The molecule has 0 atom stereocenters. The Morgan fingerprint density at radius 3 is 1.83 bits per heavy atom. The van der Waals surface area contributed by atoms with Crippen molar-refractivity contribution in [2.24, 2.45) is 0 Å². The van der Waals surface area contributed by atoms with Crippen LogP contribution in [0.4, 0.5) is 0 Å². The third-order valence-corrected chi connectivity index (χ3v) is 5.24. The highest BCUT2D eigenvalue weighted by molar-refractivity contribution is 5.95. The van der Waals surface area contributed by atoms with Crippen LogP contribution in [0.15, 0.2) is 115 Å². The Morgan fingerprint density at radius 2 is 1.14 bits per heavy atom. The van der Waals surface area contributed by atoms with E-state index in [9.17, 15) is 0 Å². The van der Waals surface area contributed by atoms with Crippen LogP contribution in [-0.4, -0.2) is 4.40 Å². The van der Waals surface area contributed by atoms with Gasteiger partial charge in [-0.15, -0.1) is 0 Å². The Balaban J connectivity index is 1.73. The van der Waals surface area contributed by atoms with Gasteiger partial charge in [0.25, 0.3) is 0 Å². The minimum atomic E-state index is 1.16. The number of fused-ring (bicyclic) bond motifs is 1. The van der Waals surface area contributed by atoms with Gasteiger partial charge in [-0.25, -0.2) is 0 Å². The summed E-state index contributed by atoms with van der Waals surface area (Å²) in [7, 11) is 0. The fourth-order valence-electron chi connectivity index (χ4n) is 3.84. The molecule has 0 unspecified atom stereocenters. The first-order valence-corrected chi connectivity index (χ1v) is 9.88. The second kappa shape index (κ2) is 7.65. The Hall–Kier alpha value is -3.84. The average Bonchev–Trinajstić information content (AvgIpc) is 3.20. The Kier molecular flexibility index (Phi) is 4.56. The molecule has 0 bridgehead atoms. The van der Waals surface area contributed by atoms with E-state index in [0.29, 0.717) is 0 Å². The molecule has 0 aliphatic rings. The Labute approximate surface area is 171 Å². The molecule has 0 aliphatic carbocycles. The third kappa shape index (κ3) is 3.39. The predicted molar refractivity (Wildman–Crippen MR) is 124 cm³/mol. The molecule has 0 radical (unpaired) electrons. The summed E-state index contributed by atoms with van der Waals surface area (Å²) >= 11 is 0. The highest BCUT2D eigenvalue weighted by atomic mass is 14.9. The standard InChI is InChI=1S/C28H21N/c1-4-11-22(12-5-1)19-20-25-17-10-18-27-28(24-15-8-3-9-16-24)26(21-29(25)27)23-13-6-2-7-14-23/h1-21H/b20-19+. The highest BCUT2D eigenvalue weighted by Crippen LogP contribution is 2.37. The zero-order chi connectivity index (χ0) is 19.5. The lowest BCUT2D eigenvalue weighted by molar-refractivity contribution is 1.17. The minimum Gasteiger partial charge on any atom is -0.316 e. The summed E-state index contributed by atoms with van der Waals surface area (Å²) in [6, 6.07) is 38.2. The maximum Gasteiger partial charge on any atom is 0.0540 e. The van der Waals surface area contributed by atoms with Crippen LogP contribution in [-0.2, 0) is 0 Å². The third-order valence-electron chi connectivity index (χ3n) is 5.24. The summed E-state index contributed by atoms with van der Waals surface area (Å²) in [6.45, 7) is 0. The summed E-state index contributed by atoms with van der Waals surface area (Å²) in [5.41, 5.74) is 8.55. The smallest absolute Gasteiger partial charge is 0.0540 e. The highest BCUT2D eigenvalue weighted by Gasteiger charge is 2.15. The normalized spacial score (nSPS) is 11.3. The van der Waals surface area contributed by atoms with Gasteiger partial charge >= 0.3 is 0 Å². The molecular weight excluding hydrogens is 350 g/mol. The maximum atomic E-state index is 2.30. The van der Waals surface area contributed by atoms with Crippen LogP contribution in [0.1, 0.15) is 11.3 Å². The molecule has 1 heteroatoms. The van der Waals surface area contributed by atoms with Crippen molar-refractivity contribution in [3.8, 4) is 22.3 Å². The summed E-state index contributed by atoms with van der Waals surface area (Å²) in [5, 5.41) is 0. The molecule has 0 N–H and O–H groups in total. The zero-order valence-corrected chi connectivity index (χ0v) is 16.1. The molecule has 1 nitrogen and oxygen atoms in total. The molecule has 0 spiro atoms. The molecule has 29 heavy (non-hydrogen) atoms. The van der Waals surface area contributed by atoms with E-state index in [4.69, 9.17) is 0 Å². The summed E-state index contributed by atoms with van der Waals surface area (Å²) < 4.78 is 2.30. The van der Waals surface area contributed by atoms with Crippen molar-refractivity contribution in [3.05, 3.63) is 127 Å². The molecule has 5 aromatic rings. The molecule has 3 aromatic carbocycles. The van der Waals surface area contributed by atoms with Gasteiger partial charge in [0.15, 0.2) is 0 Å². The number of pyridine rings is 1. The van der Waals surface area contributed by atoms with E-state index in [1.54, 1.807) is 0 Å². The minimum absolute atomic E-state index is 1.16. The number of nitrogens with zero attached hydrogens (tertiary/aromatic N) is 1. The van der Waals surface area contributed by atoms with E-state index < -0.39 is 0 Å². The molecule has 0 amide bonds. The predicted octanol–water partition coefficient (Wildman–Crippen LogP) is 7.44. The SMILES string of the molecule is C(=C\c1cccc2c(-c3ccccc3)c(-c3ccccc3)cn12)/c1ccccc1. The summed E-state index contributed by atoms with van der Waals surface area (Å²) in [5.74, 6) is 0. The van der Waals surface area contributed by atoms with Gasteiger partial charge in [0.05, 0.1) is 5.52 Å². The molecule has 0 saturated carbocycles. The maximum absolute atomic E-state index is 2.30. The lowest BCUT2D eigenvalue weighted by Gasteiger charge is -2.06. The van der Waals surface area contributed by atoms with Crippen molar-refractivity contribution in [3.63, 3.8) is 0 Å². The van der Waals surface area contributed by atoms with E-state index in [1.165, 1.54) is 33.3 Å². The number of aromatic nitrogens is 1. The van der Waals surface area contributed by atoms with Crippen LogP contribution < -0.4 is 0 Å². The largest absolute Gasteiger partial charge is 0.316 e. The second-order valence-corrected chi connectivity index (χ2v) is 7.10. The Bertz CT molecular complexity index is 1260. The summed E-state index contributed by atoms with van der Waals surface area (Å²) in [4.78, 5) is 0. The van der Waals surface area contributed by atoms with Crippen LogP contribution >= 0.6 is 0 Å². The second-order valence-electron chi connectivity index (χ2n) is 7.10. The monoisotopic (exact) mass is 371 g/mol. The number of benzene rings is 3. The molecule has 0 fully saturated rings. The first-order chi connectivity index (χ1) is 14.4. The van der Waals surface area contributed by atoms with Crippen LogP contribution in [0, 0.1) is 0 Å². The van der Waals surface area contributed by atoms with Crippen molar-refractivity contribution in [1.82, 2.24) is 4.40 Å². The fourth-order valence-corrected chi connectivity index (χ4v) is 3.84. The number of hydrogen-bond acceptors (Lipinski definition) is 0. The van der Waals surface area contributed by atoms with E-state index in [2.05, 4.69) is 126 Å². The van der Waals surface area contributed by atoms with Crippen molar-refractivity contribution >= 4 is 17.7 Å².